The molecule has 0 radical (unpaired) electrons. The molecule has 1 aromatic heterocycles. The van der Waals surface area contributed by atoms with E-state index >= 15 is 0 Å². The summed E-state index contributed by atoms with van der Waals surface area (Å²) < 4.78 is 18.8. The number of hydrogen-bond donors (Lipinski definition) is 3. The van der Waals surface area contributed by atoms with E-state index in [-0.39, 0.29) is 18.3 Å². The summed E-state index contributed by atoms with van der Waals surface area (Å²) in [6.07, 6.45) is 1.02. The number of hydrogen-bond acceptors (Lipinski definition) is 6. The fourth-order valence-corrected chi connectivity index (χ4v) is 1.87. The maximum absolute atomic E-state index is 13.6. The van der Waals surface area contributed by atoms with Gasteiger partial charge in [-0.1, -0.05) is 17.7 Å². The number of anilines is 2. The maximum atomic E-state index is 13.6. The van der Waals surface area contributed by atoms with Crippen LogP contribution in [0.3, 0.4) is 0 Å². The Balaban J connectivity index is 2.21. The quantitative estimate of drug-likeness (QED) is 0.579. The topological polar surface area (TPSA) is 85.1 Å². The van der Waals surface area contributed by atoms with Crippen molar-refractivity contribution in [2.45, 2.75) is 6.54 Å². The molecule has 0 saturated carbocycles. The highest BCUT2D eigenvalue weighted by Crippen LogP contribution is 2.27. The number of ether oxygens (including phenoxy) is 1. The smallest absolute Gasteiger partial charge is 0.239 e. The summed E-state index contributed by atoms with van der Waals surface area (Å²) in [6.45, 7) is 0.251. The molecule has 2 rings (SSSR count). The molecule has 0 aliphatic rings. The van der Waals surface area contributed by atoms with Crippen molar-refractivity contribution >= 4 is 23.4 Å². The van der Waals surface area contributed by atoms with Crippen LogP contribution >= 0.6 is 11.6 Å². The van der Waals surface area contributed by atoms with E-state index in [1.165, 1.54) is 7.11 Å². The van der Waals surface area contributed by atoms with E-state index in [2.05, 4.69) is 20.7 Å². The molecule has 0 atom stereocenters. The zero-order chi connectivity index (χ0) is 14.5. The lowest BCUT2D eigenvalue weighted by Crippen LogP contribution is -2.13. The van der Waals surface area contributed by atoms with E-state index in [1.54, 1.807) is 18.2 Å². The first-order valence-electron chi connectivity index (χ1n) is 5.70. The summed E-state index contributed by atoms with van der Waals surface area (Å²) in [5, 5.41) is 3.35. The van der Waals surface area contributed by atoms with Gasteiger partial charge in [0.15, 0.2) is 11.6 Å². The zero-order valence-electron chi connectivity index (χ0n) is 10.7. The Hall–Kier alpha value is -2.12. The van der Waals surface area contributed by atoms with Gasteiger partial charge in [-0.15, -0.1) is 0 Å². The number of methoxy groups -OCH3 is 1. The summed E-state index contributed by atoms with van der Waals surface area (Å²) in [5.74, 6) is 5.33. The minimum absolute atomic E-state index is 0.0231. The van der Waals surface area contributed by atoms with Crippen LogP contribution in [0.1, 0.15) is 5.56 Å². The van der Waals surface area contributed by atoms with Gasteiger partial charge in [0.05, 0.1) is 13.3 Å². The molecule has 106 valence electrons. The van der Waals surface area contributed by atoms with Crippen LogP contribution in [-0.4, -0.2) is 17.1 Å². The van der Waals surface area contributed by atoms with Gasteiger partial charge in [-0.05, 0) is 12.1 Å². The highest BCUT2D eigenvalue weighted by molar-refractivity contribution is 6.31. The van der Waals surface area contributed by atoms with E-state index < -0.39 is 5.82 Å². The summed E-state index contributed by atoms with van der Waals surface area (Å²) in [7, 11) is 1.54. The molecule has 20 heavy (non-hydrogen) atoms. The van der Waals surface area contributed by atoms with Crippen LogP contribution in [0, 0.1) is 5.82 Å². The second-order valence-electron chi connectivity index (χ2n) is 3.81. The second kappa shape index (κ2) is 6.36. The molecule has 0 aliphatic heterocycles. The third-order valence-electron chi connectivity index (χ3n) is 2.60. The molecule has 0 amide bonds. The number of nitrogens with one attached hydrogen (secondary N) is 2. The van der Waals surface area contributed by atoms with E-state index in [1.807, 2.05) is 0 Å². The van der Waals surface area contributed by atoms with Gasteiger partial charge in [0.1, 0.15) is 5.75 Å². The van der Waals surface area contributed by atoms with Crippen molar-refractivity contribution in [1.29, 1.82) is 0 Å². The van der Waals surface area contributed by atoms with Crippen LogP contribution in [0.4, 0.5) is 16.2 Å². The largest absolute Gasteiger partial charge is 0.496 e. The van der Waals surface area contributed by atoms with Crippen LogP contribution in [0.5, 0.6) is 5.75 Å². The first-order valence-corrected chi connectivity index (χ1v) is 6.08. The number of nitrogens with two attached hydrogens (primary N) is 1. The van der Waals surface area contributed by atoms with Gasteiger partial charge in [-0.25, -0.2) is 15.2 Å². The number of rotatable bonds is 5. The summed E-state index contributed by atoms with van der Waals surface area (Å²) >= 11 is 6.09. The molecular formula is C12H13ClFN5O. The molecule has 0 spiro atoms. The molecular weight excluding hydrogens is 285 g/mol. The number of nitrogen functional groups attached to an aromatic ring is 1. The van der Waals surface area contributed by atoms with Gasteiger partial charge in [-0.3, -0.25) is 5.43 Å². The average molecular weight is 298 g/mol. The van der Waals surface area contributed by atoms with Crippen molar-refractivity contribution in [1.82, 2.24) is 9.97 Å². The summed E-state index contributed by atoms with van der Waals surface area (Å²) in [4.78, 5) is 7.52. The number of hydrazine groups is 1. The van der Waals surface area contributed by atoms with Crippen LogP contribution in [0.15, 0.2) is 24.4 Å². The Bertz CT molecular complexity index is 610. The third kappa shape index (κ3) is 3.06. The first-order chi connectivity index (χ1) is 9.65. The fraction of sp³-hybridized carbons (Fsp3) is 0.167. The number of aromatic nitrogens is 2. The molecule has 4 N–H and O–H groups in total. The molecule has 0 fully saturated rings. The lowest BCUT2D eigenvalue weighted by molar-refractivity contribution is 0.410. The van der Waals surface area contributed by atoms with E-state index in [9.17, 15) is 4.39 Å². The molecule has 0 bridgehead atoms. The third-order valence-corrected chi connectivity index (χ3v) is 2.96. The van der Waals surface area contributed by atoms with Gasteiger partial charge in [0.2, 0.25) is 5.95 Å². The van der Waals surface area contributed by atoms with Gasteiger partial charge >= 0.3 is 0 Å². The lowest BCUT2D eigenvalue weighted by atomic mass is 10.2. The fourth-order valence-electron chi connectivity index (χ4n) is 1.63. The Morgan fingerprint density at radius 3 is 2.95 bits per heavy atom. The summed E-state index contributed by atoms with van der Waals surface area (Å²) in [6, 6.07) is 5.27. The van der Waals surface area contributed by atoms with Gasteiger partial charge in [0, 0.05) is 17.1 Å². The normalized spacial score (nSPS) is 10.2. The Kier molecular flexibility index (Phi) is 4.54. The Morgan fingerprint density at radius 1 is 1.45 bits per heavy atom. The van der Waals surface area contributed by atoms with E-state index in [0.717, 1.165) is 6.20 Å². The van der Waals surface area contributed by atoms with Crippen LogP contribution < -0.4 is 21.3 Å². The lowest BCUT2D eigenvalue weighted by Gasteiger charge is -2.12. The predicted octanol–water partition coefficient (Wildman–Crippen LogP) is 2.18. The minimum atomic E-state index is -0.588. The molecule has 0 aliphatic carbocycles. The summed E-state index contributed by atoms with van der Waals surface area (Å²) in [5.41, 5.74) is 2.95. The van der Waals surface area contributed by atoms with Crippen LogP contribution in [0.2, 0.25) is 5.02 Å². The van der Waals surface area contributed by atoms with Crippen LogP contribution in [0.25, 0.3) is 0 Å². The number of nitrogens with zero attached hydrogens (tertiary/aromatic N) is 2. The highest BCUT2D eigenvalue weighted by atomic mass is 35.5. The Morgan fingerprint density at radius 2 is 2.25 bits per heavy atom. The van der Waals surface area contributed by atoms with Gasteiger partial charge < -0.3 is 10.1 Å². The van der Waals surface area contributed by atoms with Crippen molar-refractivity contribution in [3.05, 3.63) is 40.8 Å². The SMILES string of the molecule is COc1cccc(Cl)c1CNc1nc(NN)ncc1F. The van der Waals surface area contributed by atoms with E-state index in [0.29, 0.717) is 16.3 Å². The van der Waals surface area contributed by atoms with E-state index in [4.69, 9.17) is 22.2 Å². The van der Waals surface area contributed by atoms with Crippen molar-refractivity contribution < 1.29 is 9.13 Å². The predicted molar refractivity (Wildman–Crippen MR) is 75.1 cm³/mol. The molecule has 6 nitrogen and oxygen atoms in total. The zero-order valence-corrected chi connectivity index (χ0v) is 11.4. The van der Waals surface area contributed by atoms with Crippen molar-refractivity contribution in [3.8, 4) is 5.75 Å². The molecule has 0 saturated heterocycles. The maximum Gasteiger partial charge on any atom is 0.239 e. The number of halogens is 2. The van der Waals surface area contributed by atoms with Crippen molar-refractivity contribution in [3.63, 3.8) is 0 Å². The average Bonchev–Trinajstić information content (AvgIpc) is 2.47. The second-order valence-corrected chi connectivity index (χ2v) is 4.22. The highest BCUT2D eigenvalue weighted by Gasteiger charge is 2.10. The van der Waals surface area contributed by atoms with Crippen molar-refractivity contribution in [2.75, 3.05) is 17.9 Å². The van der Waals surface area contributed by atoms with Crippen molar-refractivity contribution in [2.24, 2.45) is 5.84 Å². The van der Waals surface area contributed by atoms with Crippen LogP contribution in [-0.2, 0) is 6.54 Å². The number of benzene rings is 1. The molecule has 1 aromatic carbocycles. The molecule has 1 heterocycles. The molecule has 8 heteroatoms. The van der Waals surface area contributed by atoms with Gasteiger partial charge in [-0.2, -0.15) is 4.98 Å². The molecule has 2 aromatic rings. The van der Waals surface area contributed by atoms with Gasteiger partial charge in [0.25, 0.3) is 0 Å². The molecule has 0 unspecified atom stereocenters. The minimum Gasteiger partial charge on any atom is -0.496 e. The Labute approximate surface area is 120 Å². The first kappa shape index (κ1) is 14.3. The standard InChI is InChI=1S/C12H13ClFN5O/c1-20-10-4-2-3-8(13)7(10)5-16-11-9(14)6-17-12(18-11)19-15/h2-4,6H,5,15H2,1H3,(H2,16,17,18,19). The monoisotopic (exact) mass is 297 g/mol.